The fourth-order valence-electron chi connectivity index (χ4n) is 12.2. The summed E-state index contributed by atoms with van der Waals surface area (Å²) in [6.07, 6.45) is 8.48. The molecule has 676 valence electrons. The molecule has 0 spiro atoms. The summed E-state index contributed by atoms with van der Waals surface area (Å²) < 4.78 is 100.0. The van der Waals surface area contributed by atoms with Gasteiger partial charge in [0.05, 0.1) is 76.3 Å². The van der Waals surface area contributed by atoms with Gasteiger partial charge in [-0.05, 0) is 50.4 Å². The molecule has 0 aromatic carbocycles. The van der Waals surface area contributed by atoms with Gasteiger partial charge in [0.2, 0.25) is 0 Å². The lowest BCUT2D eigenvalue weighted by Gasteiger charge is -2.27. The van der Waals surface area contributed by atoms with Gasteiger partial charge in [-0.2, -0.15) is 0 Å². The van der Waals surface area contributed by atoms with Gasteiger partial charge in [0.15, 0.2) is 0 Å². The SMILES string of the molecule is CCCCC(CC)COCC(O)CN(CCN)CCNCCN(CCNCC(O)COCCC[Si](OC)(OC)OC)CC(O)COCCC[Si](OC)(OC)OC.CCCCC(CC)COCC(O)CNCCNCCNCCN(CCNCC(O)COCCC[Si](OC)(OC)OC)CC(O)COCCC[Si](OC)(OC)OC. The van der Waals surface area contributed by atoms with Crippen molar-refractivity contribution < 1.29 is 112 Å². The third-order valence-electron chi connectivity index (χ3n) is 19.4. The van der Waals surface area contributed by atoms with Crippen LogP contribution in [0.3, 0.4) is 0 Å². The second kappa shape index (κ2) is 77.8. The van der Waals surface area contributed by atoms with Crippen molar-refractivity contribution in [2.24, 2.45) is 17.6 Å². The smallest absolute Gasteiger partial charge is 0.389 e. The number of aliphatic hydroxyl groups is 6. The first-order valence-electron chi connectivity index (χ1n) is 41.4. The first-order valence-corrected chi connectivity index (χ1v) is 49.2. The van der Waals surface area contributed by atoms with Crippen LogP contribution in [0.1, 0.15) is 105 Å². The molecule has 0 aromatic heterocycles. The number of nitrogens with one attached hydrogen (secondary N) is 6. The number of hydrogen-bond acceptors (Lipinski definition) is 34. The van der Waals surface area contributed by atoms with Gasteiger partial charge in [-0.3, -0.25) is 14.7 Å². The maximum absolute atomic E-state index is 10.9. The third kappa shape index (κ3) is 60.9. The summed E-state index contributed by atoms with van der Waals surface area (Å²) in [6, 6.07) is 2.53. The summed E-state index contributed by atoms with van der Waals surface area (Å²) in [6.45, 7) is 27.7. The average Bonchev–Trinajstić information content (AvgIpc) is 0.910. The van der Waals surface area contributed by atoms with Crippen LogP contribution in [-0.2, 0) is 81.5 Å². The van der Waals surface area contributed by atoms with E-state index in [9.17, 15) is 30.6 Å². The van der Waals surface area contributed by atoms with Crippen molar-refractivity contribution in [3.8, 4) is 0 Å². The molecule has 0 bridgehead atoms. The predicted octanol–water partition coefficient (Wildman–Crippen LogP) is 1.15. The number of rotatable bonds is 87. The fourth-order valence-corrected chi connectivity index (χ4v) is 19.0. The largest absolute Gasteiger partial charge is 0.500 e. The maximum Gasteiger partial charge on any atom is 0.500 e. The van der Waals surface area contributed by atoms with Crippen LogP contribution >= 0.6 is 0 Å². The molecule has 0 radical (unpaired) electrons. The van der Waals surface area contributed by atoms with Gasteiger partial charge >= 0.3 is 35.2 Å². The van der Waals surface area contributed by atoms with E-state index in [-0.39, 0.29) is 26.4 Å². The lowest BCUT2D eigenvalue weighted by molar-refractivity contribution is 0.00340. The van der Waals surface area contributed by atoms with E-state index >= 15 is 0 Å². The standard InChI is InChI=1S/2C37H85N5O12Si2/c1-9-11-14-34(10-2)30-54-33-37(45)28-41(19-15-38)20-16-39-17-21-42(29-36(44)32-53-24-13-26-56(49-6,50-7)51-8)22-18-40-27-35(43)31-52-23-12-25-55(46-3,47-4)48-5;1-9-11-14-34(10-2)30-54-32-36(44)27-40-18-17-38-15-16-39-19-21-42(29-37(45)33-53-24-13-26-56(49-6,50-7)51-8)22-20-41-28-35(43)31-52-23-12-25-55(46-3,47-4)48-5/h34-37,39-40,43-45H,9-33,38H2,1-8H3;34-41,43-45H,9-33H2,1-8H3. The number of nitrogens with two attached hydrogens (primary N) is 1. The Labute approximate surface area is 682 Å². The van der Waals surface area contributed by atoms with Crippen molar-refractivity contribution in [3.05, 3.63) is 0 Å². The third-order valence-corrected chi connectivity index (χ3v) is 30.8. The minimum atomic E-state index is -2.66. The molecule has 112 heavy (non-hydrogen) atoms. The zero-order valence-corrected chi connectivity index (χ0v) is 76.9. The van der Waals surface area contributed by atoms with Gasteiger partial charge in [0.25, 0.3) is 0 Å². The molecular formula is C74H170N10O24Si4. The number of hydrogen-bond donors (Lipinski definition) is 13. The Morgan fingerprint density at radius 1 is 0.286 bits per heavy atom. The fraction of sp³-hybridized carbons (Fsp3) is 1.00. The van der Waals surface area contributed by atoms with E-state index in [2.05, 4.69) is 74.3 Å². The van der Waals surface area contributed by atoms with Crippen LogP contribution in [0.5, 0.6) is 0 Å². The number of aliphatic hydroxyl groups excluding tert-OH is 6. The first kappa shape index (κ1) is 114. The summed E-state index contributed by atoms with van der Waals surface area (Å²) >= 11 is 0. The van der Waals surface area contributed by atoms with Gasteiger partial charge in [0, 0.05) is 293 Å². The Balaban J connectivity index is 0. The summed E-state index contributed by atoms with van der Waals surface area (Å²) in [7, 11) is 8.54. The van der Waals surface area contributed by atoms with E-state index in [0.29, 0.717) is 200 Å². The van der Waals surface area contributed by atoms with E-state index in [0.717, 1.165) is 71.8 Å². The van der Waals surface area contributed by atoms with E-state index in [4.69, 9.17) is 87.3 Å². The Kier molecular flexibility index (Phi) is 78.9. The summed E-state index contributed by atoms with van der Waals surface area (Å²) in [4.78, 5) is 6.53. The van der Waals surface area contributed by atoms with Gasteiger partial charge in [-0.1, -0.05) is 66.2 Å². The van der Waals surface area contributed by atoms with E-state index in [1.807, 2.05) is 0 Å². The molecule has 0 saturated heterocycles. The minimum Gasteiger partial charge on any atom is -0.389 e. The molecular weight excluding hydrogens is 1530 g/mol. The van der Waals surface area contributed by atoms with Crippen LogP contribution in [0.15, 0.2) is 0 Å². The van der Waals surface area contributed by atoms with Gasteiger partial charge in [-0.25, -0.2) is 0 Å². The normalized spacial score (nSPS) is 14.8. The molecule has 0 aliphatic rings. The van der Waals surface area contributed by atoms with Crippen molar-refractivity contribution in [2.75, 3.05) is 309 Å². The predicted molar refractivity (Wildman–Crippen MR) is 448 cm³/mol. The average molecular weight is 1700 g/mol. The molecule has 0 aliphatic carbocycles. The van der Waals surface area contributed by atoms with Crippen LogP contribution in [0.4, 0.5) is 0 Å². The number of ether oxygens (including phenoxy) is 6. The molecule has 14 N–H and O–H groups in total. The Morgan fingerprint density at radius 3 is 0.795 bits per heavy atom. The van der Waals surface area contributed by atoms with Gasteiger partial charge in [0.1, 0.15) is 0 Å². The van der Waals surface area contributed by atoms with Crippen LogP contribution in [0.2, 0.25) is 24.2 Å². The molecule has 0 aromatic rings. The zero-order chi connectivity index (χ0) is 83.7. The lowest BCUT2D eigenvalue weighted by atomic mass is 10.0. The first-order chi connectivity index (χ1) is 54.2. The molecule has 0 saturated carbocycles. The molecule has 0 fully saturated rings. The van der Waals surface area contributed by atoms with E-state index in [1.165, 1.54) is 38.5 Å². The van der Waals surface area contributed by atoms with Crippen LogP contribution in [0, 0.1) is 11.8 Å². The summed E-state index contributed by atoms with van der Waals surface area (Å²) in [5, 5.41) is 83.7. The molecule has 8 atom stereocenters. The van der Waals surface area contributed by atoms with Crippen LogP contribution in [0.25, 0.3) is 0 Å². The summed E-state index contributed by atoms with van der Waals surface area (Å²) in [5.41, 5.74) is 5.89. The monoisotopic (exact) mass is 1700 g/mol. The highest BCUT2D eigenvalue weighted by atomic mass is 28.4. The van der Waals surface area contributed by atoms with Crippen molar-refractivity contribution in [1.29, 1.82) is 0 Å². The lowest BCUT2D eigenvalue weighted by Crippen LogP contribution is -2.45. The minimum absolute atomic E-state index is 0.204. The highest BCUT2D eigenvalue weighted by molar-refractivity contribution is 6.61. The van der Waals surface area contributed by atoms with Gasteiger partial charge < -0.3 is 150 Å². The second-order valence-electron chi connectivity index (χ2n) is 28.3. The topological polar surface area (TPSA) is 395 Å². The number of nitrogens with zero attached hydrogens (tertiary/aromatic N) is 3. The Bertz CT molecular complexity index is 1940. The summed E-state index contributed by atoms with van der Waals surface area (Å²) in [5.74, 6) is 1.12. The van der Waals surface area contributed by atoms with Crippen molar-refractivity contribution in [3.63, 3.8) is 0 Å². The van der Waals surface area contributed by atoms with Crippen LogP contribution < -0.4 is 37.6 Å². The molecule has 0 amide bonds. The Morgan fingerprint density at radius 2 is 0.518 bits per heavy atom. The van der Waals surface area contributed by atoms with E-state index in [1.54, 1.807) is 85.3 Å². The van der Waals surface area contributed by atoms with Crippen molar-refractivity contribution >= 4 is 35.2 Å². The molecule has 34 nitrogen and oxygen atoms in total. The van der Waals surface area contributed by atoms with Gasteiger partial charge in [-0.15, -0.1) is 0 Å². The quantitative estimate of drug-likeness (QED) is 0.0300. The Hall–Kier alpha value is -0.492. The molecule has 0 heterocycles. The molecule has 0 rings (SSSR count). The molecule has 38 heteroatoms. The van der Waals surface area contributed by atoms with Crippen molar-refractivity contribution in [1.82, 2.24) is 46.6 Å². The van der Waals surface area contributed by atoms with Crippen molar-refractivity contribution in [2.45, 2.75) is 166 Å². The highest BCUT2D eigenvalue weighted by Crippen LogP contribution is 2.20. The number of unbranched alkanes of at least 4 members (excludes halogenated alkanes) is 2. The highest BCUT2D eigenvalue weighted by Gasteiger charge is 2.40. The maximum atomic E-state index is 10.9. The van der Waals surface area contributed by atoms with E-state index < -0.39 is 71.8 Å². The molecule has 0 aliphatic heterocycles. The molecule has 8 unspecified atom stereocenters. The zero-order valence-electron chi connectivity index (χ0n) is 72.9. The van der Waals surface area contributed by atoms with Crippen LogP contribution in [-0.4, -0.2) is 426 Å². The second-order valence-corrected chi connectivity index (χ2v) is 40.6.